The summed E-state index contributed by atoms with van der Waals surface area (Å²) in [5.74, 6) is -1.27. The molecule has 19 nitrogen and oxygen atoms in total. The third kappa shape index (κ3) is 8.13. The van der Waals surface area contributed by atoms with Crippen LogP contribution in [0.3, 0.4) is 0 Å². The molecule has 0 spiro atoms. The number of methoxy groups -OCH3 is 1. The number of allylic oxidation sites excluding steroid dienone is 2. The van der Waals surface area contributed by atoms with E-state index < -0.39 is 134 Å². The normalized spacial score (nSPS) is 52.0. The van der Waals surface area contributed by atoms with Crippen LogP contribution < -0.4 is 0 Å². The second kappa shape index (κ2) is 18.5. The summed E-state index contributed by atoms with van der Waals surface area (Å²) in [6, 6.07) is 0. The lowest BCUT2D eigenvalue weighted by Crippen LogP contribution is -2.67. The van der Waals surface area contributed by atoms with Gasteiger partial charge in [0.2, 0.25) is 6.29 Å². The van der Waals surface area contributed by atoms with Crippen LogP contribution >= 0.6 is 0 Å². The van der Waals surface area contributed by atoms with Crippen molar-refractivity contribution in [3.8, 4) is 0 Å². The first-order valence-corrected chi connectivity index (χ1v) is 24.7. The van der Waals surface area contributed by atoms with Crippen molar-refractivity contribution in [3.05, 3.63) is 11.6 Å². The van der Waals surface area contributed by atoms with E-state index in [0.717, 1.165) is 52.1 Å². The fourth-order valence-electron chi connectivity index (χ4n) is 15.1. The molecule has 8 aliphatic rings. The van der Waals surface area contributed by atoms with E-state index in [1.165, 1.54) is 5.57 Å². The number of aliphatic hydroxyl groups is 10. The molecule has 3 saturated heterocycles. The molecule has 10 N–H and O–H groups in total. The van der Waals surface area contributed by atoms with Crippen molar-refractivity contribution in [1.29, 1.82) is 0 Å². The monoisotopic (exact) mass is 971 g/mol. The summed E-state index contributed by atoms with van der Waals surface area (Å²) < 4.78 is 40.6. The van der Waals surface area contributed by atoms with Crippen molar-refractivity contribution in [1.82, 2.24) is 0 Å². The zero-order valence-corrected chi connectivity index (χ0v) is 40.7. The first kappa shape index (κ1) is 52.4. The number of carbonyl (C=O) groups excluding carboxylic acids is 2. The number of ether oxygens (including phenoxy) is 7. The highest BCUT2D eigenvalue weighted by Crippen LogP contribution is 2.76. The van der Waals surface area contributed by atoms with E-state index in [2.05, 4.69) is 54.5 Å². The number of carbonyl (C=O) groups is 2. The van der Waals surface area contributed by atoms with Crippen LogP contribution in [-0.4, -0.2) is 182 Å². The van der Waals surface area contributed by atoms with Gasteiger partial charge < -0.3 is 84.2 Å². The molecule has 68 heavy (non-hydrogen) atoms. The molecule has 0 bridgehead atoms. The summed E-state index contributed by atoms with van der Waals surface area (Å²) >= 11 is 0. The van der Waals surface area contributed by atoms with Gasteiger partial charge in [0, 0.05) is 0 Å². The minimum absolute atomic E-state index is 0.0723. The Hall–Kier alpha value is -1.92. The van der Waals surface area contributed by atoms with E-state index in [1.807, 2.05) is 0 Å². The highest BCUT2D eigenvalue weighted by atomic mass is 16.7. The van der Waals surface area contributed by atoms with Gasteiger partial charge in [-0.1, -0.05) is 60.1 Å². The van der Waals surface area contributed by atoms with Crippen LogP contribution in [-0.2, 0) is 42.7 Å². The van der Waals surface area contributed by atoms with Gasteiger partial charge in [-0.15, -0.1) is 0 Å². The lowest BCUT2D eigenvalue weighted by molar-refractivity contribution is -0.365. The fourth-order valence-corrected chi connectivity index (χ4v) is 15.1. The minimum Gasteiger partial charge on any atom is -0.467 e. The lowest BCUT2D eigenvalue weighted by Gasteiger charge is -2.71. The first-order chi connectivity index (χ1) is 31.8. The molecule has 8 rings (SSSR count). The Bertz CT molecular complexity index is 1890. The highest BCUT2D eigenvalue weighted by molar-refractivity contribution is 5.79. The Labute approximate surface area is 398 Å². The largest absolute Gasteiger partial charge is 0.467 e. The van der Waals surface area contributed by atoms with Gasteiger partial charge in [0.1, 0.15) is 67.1 Å². The first-order valence-electron chi connectivity index (χ1n) is 24.7. The van der Waals surface area contributed by atoms with Crippen molar-refractivity contribution in [2.45, 2.75) is 211 Å². The molecule has 0 aromatic carbocycles. The summed E-state index contributed by atoms with van der Waals surface area (Å²) in [4.78, 5) is 27.7. The number of fused-ring (bicyclic) bond motifs is 7. The fraction of sp³-hybridized carbons (Fsp3) is 0.918. The topological polar surface area (TPSA) is 301 Å². The molecule has 23 atom stereocenters. The minimum atomic E-state index is -1.85. The summed E-state index contributed by atoms with van der Waals surface area (Å²) in [6.07, 6.45) is -15.5. The molecule has 7 fully saturated rings. The van der Waals surface area contributed by atoms with Gasteiger partial charge in [-0.3, -0.25) is 4.79 Å². The van der Waals surface area contributed by atoms with Gasteiger partial charge in [-0.2, -0.15) is 0 Å². The van der Waals surface area contributed by atoms with Gasteiger partial charge >= 0.3 is 11.9 Å². The molecule has 0 unspecified atom stereocenters. The Morgan fingerprint density at radius 2 is 1.24 bits per heavy atom. The second-order valence-electron chi connectivity index (χ2n) is 23.7. The van der Waals surface area contributed by atoms with Crippen LogP contribution in [0, 0.1) is 50.2 Å². The van der Waals surface area contributed by atoms with Gasteiger partial charge in [0.05, 0.1) is 31.8 Å². The molecule has 4 saturated carbocycles. The van der Waals surface area contributed by atoms with Crippen molar-refractivity contribution in [2.75, 3.05) is 20.3 Å². The van der Waals surface area contributed by atoms with Gasteiger partial charge in [-0.05, 0) is 109 Å². The Kier molecular flexibility index (Phi) is 14.3. The lowest BCUT2D eigenvalue weighted by atomic mass is 9.33. The molecule has 0 amide bonds. The Balaban J connectivity index is 1.03. The quantitative estimate of drug-likeness (QED) is 0.0846. The number of hydrogen-bond donors (Lipinski definition) is 10. The van der Waals surface area contributed by atoms with Crippen LogP contribution in [0.2, 0.25) is 0 Å². The van der Waals surface area contributed by atoms with E-state index in [-0.39, 0.29) is 39.4 Å². The molecule has 3 heterocycles. The summed E-state index contributed by atoms with van der Waals surface area (Å²) in [6.45, 7) is 14.6. The molecule has 0 radical (unpaired) electrons. The van der Waals surface area contributed by atoms with Crippen molar-refractivity contribution in [3.63, 3.8) is 0 Å². The number of hydrogen-bond acceptors (Lipinski definition) is 19. The average molecular weight is 971 g/mol. The molecule has 388 valence electrons. The molecule has 5 aliphatic carbocycles. The maximum atomic E-state index is 14.7. The average Bonchev–Trinajstić information content (AvgIpc) is 3.29. The van der Waals surface area contributed by atoms with E-state index in [1.54, 1.807) is 0 Å². The van der Waals surface area contributed by atoms with Crippen molar-refractivity contribution < 1.29 is 93.8 Å². The van der Waals surface area contributed by atoms with E-state index in [9.17, 15) is 60.7 Å². The molecular formula is C49H78O19. The standard InChI is InChI=1S/C49H78O19/c1-44(2)15-17-49(43(61)68-41-34(57)32(55)30(53)25(21-51)64-41)18-16-47(6)22(23(49)19-44)9-10-27-46(5)13-12-28(45(3,4)26(46)11-14-48(27,47)7)65-42-36(59)37(35(58)38(67-42)39(60)62-8)66-40-33(56)31(54)29(52)24(20-50)63-40/h9,23-38,40-42,50-59H,10-21H2,1-8H3/t23-,24-,25-,26+,27-,28+,29+,30-,31+,32+,33-,34-,35+,36-,37+,38+,40+,41+,42-,46+,47-,48-,49-/m1/s1. The second-order valence-corrected chi connectivity index (χ2v) is 23.7. The van der Waals surface area contributed by atoms with Crippen LogP contribution in [0.15, 0.2) is 11.6 Å². The van der Waals surface area contributed by atoms with Crippen LogP contribution in [0.5, 0.6) is 0 Å². The molecule has 0 aromatic rings. The zero-order chi connectivity index (χ0) is 49.8. The zero-order valence-electron chi connectivity index (χ0n) is 40.7. The van der Waals surface area contributed by atoms with E-state index in [4.69, 9.17) is 33.2 Å². The predicted octanol–water partition coefficient (Wildman–Crippen LogP) is 0.321. The summed E-state index contributed by atoms with van der Waals surface area (Å²) in [5, 5.41) is 106. The predicted molar refractivity (Wildman–Crippen MR) is 235 cm³/mol. The van der Waals surface area contributed by atoms with Gasteiger partial charge in [0.15, 0.2) is 18.7 Å². The van der Waals surface area contributed by atoms with E-state index >= 15 is 0 Å². The third-order valence-electron chi connectivity index (χ3n) is 19.5. The molecular weight excluding hydrogens is 893 g/mol. The highest BCUT2D eigenvalue weighted by Gasteiger charge is 2.70. The maximum absolute atomic E-state index is 14.7. The van der Waals surface area contributed by atoms with Crippen molar-refractivity contribution in [2.24, 2.45) is 50.2 Å². The van der Waals surface area contributed by atoms with Gasteiger partial charge in [-0.25, -0.2) is 4.79 Å². The molecule has 19 heteroatoms. The van der Waals surface area contributed by atoms with Crippen LogP contribution in [0.4, 0.5) is 0 Å². The van der Waals surface area contributed by atoms with Crippen molar-refractivity contribution >= 4 is 11.9 Å². The summed E-state index contributed by atoms with van der Waals surface area (Å²) in [7, 11) is 1.11. The van der Waals surface area contributed by atoms with Crippen LogP contribution in [0.25, 0.3) is 0 Å². The number of aliphatic hydroxyl groups excluding tert-OH is 10. The van der Waals surface area contributed by atoms with Crippen LogP contribution in [0.1, 0.15) is 113 Å². The SMILES string of the molecule is COC(=O)[C@H]1O[C@@H](O[C@H]2CC[C@]3(C)[C@H]4CC=C5[C@H]6CC(C)(C)CC[C@@]6(C(=O)O[C@@H]6O[C@H](CO)[C@@H](O)[C@H](O)[C@H]6O)CC[C@@]5(C)[C@]4(C)CC[C@H]3C2(C)C)[C@H](O)[C@@H](O[C@@H]2O[C@H](CO)[C@H](O)[C@H](O)[C@H]2O)[C@@H]1O. The molecule has 0 aromatic heterocycles. The summed E-state index contributed by atoms with van der Waals surface area (Å²) in [5.41, 5.74) is -0.878. The Morgan fingerprint density at radius 1 is 0.647 bits per heavy atom. The molecule has 3 aliphatic heterocycles. The number of esters is 2. The third-order valence-corrected chi connectivity index (χ3v) is 19.5. The smallest absolute Gasteiger partial charge is 0.337 e. The Morgan fingerprint density at radius 3 is 1.85 bits per heavy atom. The maximum Gasteiger partial charge on any atom is 0.337 e. The van der Waals surface area contributed by atoms with Gasteiger partial charge in [0.25, 0.3) is 0 Å². The number of rotatable bonds is 9. The van der Waals surface area contributed by atoms with E-state index in [0.29, 0.717) is 19.3 Å².